The lowest BCUT2D eigenvalue weighted by molar-refractivity contribution is -0.141. The zero-order chi connectivity index (χ0) is 15.2. The third-order valence-corrected chi connectivity index (χ3v) is 3.64. The number of ether oxygens (including phenoxy) is 1. The summed E-state index contributed by atoms with van der Waals surface area (Å²) >= 11 is 1.41. The predicted octanol–water partition coefficient (Wildman–Crippen LogP) is 2.92. The molecule has 0 fully saturated rings. The summed E-state index contributed by atoms with van der Waals surface area (Å²) in [6.07, 6.45) is -0.0159. The van der Waals surface area contributed by atoms with Crippen molar-refractivity contribution in [3.63, 3.8) is 0 Å². The summed E-state index contributed by atoms with van der Waals surface area (Å²) in [5.41, 5.74) is 1.17. The first-order valence-electron chi connectivity index (χ1n) is 6.25. The van der Waals surface area contributed by atoms with Crippen molar-refractivity contribution in [3.8, 4) is 0 Å². The Balaban J connectivity index is 2.17. The summed E-state index contributed by atoms with van der Waals surface area (Å²) in [6.45, 7) is 0. The van der Waals surface area contributed by atoms with Crippen LogP contribution >= 0.6 is 11.3 Å². The second-order valence-corrected chi connectivity index (χ2v) is 5.15. The van der Waals surface area contributed by atoms with Crippen molar-refractivity contribution in [2.45, 2.75) is 12.5 Å². The molecule has 0 radical (unpaired) electrons. The highest BCUT2D eigenvalue weighted by Gasteiger charge is 2.20. The van der Waals surface area contributed by atoms with Crippen LogP contribution in [-0.2, 0) is 9.53 Å². The van der Waals surface area contributed by atoms with E-state index < -0.39 is 12.0 Å². The summed E-state index contributed by atoms with van der Waals surface area (Å²) in [4.78, 5) is 23.6. The molecule has 0 unspecified atom stereocenters. The summed E-state index contributed by atoms with van der Waals surface area (Å²) in [6, 6.07) is 6.78. The van der Waals surface area contributed by atoms with Crippen LogP contribution in [0.1, 0.15) is 28.4 Å². The van der Waals surface area contributed by atoms with Crippen LogP contribution in [-0.4, -0.2) is 19.0 Å². The average molecular weight is 307 g/mol. The van der Waals surface area contributed by atoms with Gasteiger partial charge in [-0.05, 0) is 29.1 Å². The maximum atomic E-state index is 13.0. The molecule has 1 amide bonds. The molecule has 0 aliphatic rings. The molecule has 21 heavy (non-hydrogen) atoms. The summed E-state index contributed by atoms with van der Waals surface area (Å²) in [5, 5.41) is 6.28. The van der Waals surface area contributed by atoms with Crippen LogP contribution in [0, 0.1) is 5.82 Å². The van der Waals surface area contributed by atoms with E-state index in [1.807, 2.05) is 0 Å². The molecule has 1 atom stereocenters. The van der Waals surface area contributed by atoms with Crippen LogP contribution in [0.4, 0.5) is 4.39 Å². The number of nitrogens with one attached hydrogen (secondary N) is 1. The van der Waals surface area contributed by atoms with Crippen molar-refractivity contribution in [1.82, 2.24) is 5.32 Å². The first kappa shape index (κ1) is 15.2. The lowest BCUT2D eigenvalue weighted by atomic mass is 10.0. The Morgan fingerprint density at radius 1 is 1.29 bits per heavy atom. The SMILES string of the molecule is COC(=O)C[C@H](NC(=O)c1ccsc1)c1ccc(F)cc1. The van der Waals surface area contributed by atoms with Crippen LogP contribution in [0.15, 0.2) is 41.1 Å². The molecule has 1 N–H and O–H groups in total. The number of esters is 1. The smallest absolute Gasteiger partial charge is 0.307 e. The van der Waals surface area contributed by atoms with Crippen molar-refractivity contribution in [2.75, 3.05) is 7.11 Å². The quantitative estimate of drug-likeness (QED) is 0.864. The van der Waals surface area contributed by atoms with Crippen LogP contribution in [0.5, 0.6) is 0 Å². The van der Waals surface area contributed by atoms with E-state index in [-0.39, 0.29) is 18.1 Å². The van der Waals surface area contributed by atoms with Gasteiger partial charge in [-0.25, -0.2) is 4.39 Å². The number of halogens is 1. The molecular weight excluding hydrogens is 293 g/mol. The molecule has 2 rings (SSSR count). The number of hydrogen-bond donors (Lipinski definition) is 1. The van der Waals surface area contributed by atoms with E-state index in [0.29, 0.717) is 11.1 Å². The fourth-order valence-electron chi connectivity index (χ4n) is 1.83. The van der Waals surface area contributed by atoms with Crippen LogP contribution in [0.25, 0.3) is 0 Å². The van der Waals surface area contributed by atoms with Gasteiger partial charge in [-0.2, -0.15) is 11.3 Å². The Kier molecular flexibility index (Phi) is 5.05. The fraction of sp³-hybridized carbons (Fsp3) is 0.200. The summed E-state index contributed by atoms with van der Waals surface area (Å²) in [7, 11) is 1.28. The second-order valence-electron chi connectivity index (χ2n) is 4.37. The van der Waals surface area contributed by atoms with Gasteiger partial charge in [0.2, 0.25) is 0 Å². The van der Waals surface area contributed by atoms with Crippen LogP contribution in [0.2, 0.25) is 0 Å². The highest BCUT2D eigenvalue weighted by Crippen LogP contribution is 2.19. The zero-order valence-electron chi connectivity index (χ0n) is 11.3. The Bertz CT molecular complexity index is 610. The molecule has 1 aromatic carbocycles. The molecule has 0 aliphatic carbocycles. The molecule has 4 nitrogen and oxygen atoms in total. The molecule has 0 bridgehead atoms. The highest BCUT2D eigenvalue weighted by atomic mass is 32.1. The normalized spacial score (nSPS) is 11.7. The van der Waals surface area contributed by atoms with Crippen molar-refractivity contribution < 1.29 is 18.7 Å². The second kappa shape index (κ2) is 6.99. The number of thiophene rings is 1. The molecule has 1 heterocycles. The van der Waals surface area contributed by atoms with Gasteiger partial charge in [0.05, 0.1) is 25.1 Å². The first-order valence-corrected chi connectivity index (χ1v) is 7.20. The lowest BCUT2D eigenvalue weighted by Crippen LogP contribution is -2.30. The molecule has 0 saturated heterocycles. The van der Waals surface area contributed by atoms with E-state index in [0.717, 1.165) is 0 Å². The van der Waals surface area contributed by atoms with Gasteiger partial charge in [-0.15, -0.1) is 0 Å². The third-order valence-electron chi connectivity index (χ3n) is 2.96. The van der Waals surface area contributed by atoms with Crippen molar-refractivity contribution in [2.24, 2.45) is 0 Å². The summed E-state index contributed by atoms with van der Waals surface area (Å²) in [5.74, 6) is -1.11. The maximum absolute atomic E-state index is 13.0. The minimum absolute atomic E-state index is 0.0159. The van der Waals surface area contributed by atoms with Crippen LogP contribution in [0.3, 0.4) is 0 Å². The Hall–Kier alpha value is -2.21. The van der Waals surface area contributed by atoms with Crippen molar-refractivity contribution in [1.29, 1.82) is 0 Å². The van der Waals surface area contributed by atoms with Gasteiger partial charge in [0.15, 0.2) is 0 Å². The molecule has 6 heteroatoms. The zero-order valence-corrected chi connectivity index (χ0v) is 12.2. The Morgan fingerprint density at radius 3 is 2.57 bits per heavy atom. The van der Waals surface area contributed by atoms with Crippen molar-refractivity contribution in [3.05, 3.63) is 58.0 Å². The Labute approximate surface area is 125 Å². The molecular formula is C15H14FNO3S. The number of methoxy groups -OCH3 is 1. The number of carbonyl (C=O) groups excluding carboxylic acids is 2. The molecule has 1 aromatic heterocycles. The van der Waals surface area contributed by atoms with Gasteiger partial charge < -0.3 is 10.1 Å². The van der Waals surface area contributed by atoms with Gasteiger partial charge >= 0.3 is 5.97 Å². The minimum atomic E-state index is -0.564. The van der Waals surface area contributed by atoms with E-state index in [9.17, 15) is 14.0 Å². The van der Waals surface area contributed by atoms with Crippen LogP contribution < -0.4 is 5.32 Å². The van der Waals surface area contributed by atoms with E-state index in [4.69, 9.17) is 0 Å². The molecule has 0 saturated carbocycles. The highest BCUT2D eigenvalue weighted by molar-refractivity contribution is 7.08. The van der Waals surface area contributed by atoms with Gasteiger partial charge in [-0.1, -0.05) is 12.1 Å². The Morgan fingerprint density at radius 2 is 2.00 bits per heavy atom. The largest absolute Gasteiger partial charge is 0.469 e. The van der Waals surface area contributed by atoms with Gasteiger partial charge in [-0.3, -0.25) is 9.59 Å². The third kappa shape index (κ3) is 4.13. The van der Waals surface area contributed by atoms with Gasteiger partial charge in [0.25, 0.3) is 5.91 Å². The minimum Gasteiger partial charge on any atom is -0.469 e. The van der Waals surface area contributed by atoms with Gasteiger partial charge in [0.1, 0.15) is 5.82 Å². The van der Waals surface area contributed by atoms with E-state index in [2.05, 4.69) is 10.1 Å². The van der Waals surface area contributed by atoms with E-state index in [1.165, 1.54) is 42.7 Å². The number of benzene rings is 1. The van der Waals surface area contributed by atoms with E-state index in [1.54, 1.807) is 16.8 Å². The number of carbonyl (C=O) groups is 2. The van der Waals surface area contributed by atoms with E-state index >= 15 is 0 Å². The maximum Gasteiger partial charge on any atom is 0.307 e. The molecule has 0 spiro atoms. The van der Waals surface area contributed by atoms with Crippen molar-refractivity contribution >= 4 is 23.2 Å². The lowest BCUT2D eigenvalue weighted by Gasteiger charge is -2.18. The molecule has 0 aliphatic heterocycles. The molecule has 110 valence electrons. The molecule has 2 aromatic rings. The standard InChI is InChI=1S/C15H14FNO3S/c1-20-14(18)8-13(10-2-4-12(16)5-3-10)17-15(19)11-6-7-21-9-11/h2-7,9,13H,8H2,1H3,(H,17,19)/t13-/m0/s1. The topological polar surface area (TPSA) is 55.4 Å². The predicted molar refractivity (Wildman–Crippen MR) is 77.6 cm³/mol. The number of amides is 1. The monoisotopic (exact) mass is 307 g/mol. The number of hydrogen-bond acceptors (Lipinski definition) is 4. The first-order chi connectivity index (χ1) is 10.1. The average Bonchev–Trinajstić information content (AvgIpc) is 3.01. The summed E-state index contributed by atoms with van der Waals surface area (Å²) < 4.78 is 17.6. The van der Waals surface area contributed by atoms with Gasteiger partial charge in [0, 0.05) is 5.38 Å². The fourth-order valence-corrected chi connectivity index (χ4v) is 2.47. The number of rotatable bonds is 5.